The Hall–Kier alpha value is -0.700. The van der Waals surface area contributed by atoms with Crippen LogP contribution in [0.3, 0.4) is 0 Å². The van der Waals surface area contributed by atoms with E-state index in [0.717, 1.165) is 212 Å². The fraction of sp³-hybridized carbons (Fsp3) is 0.958. The van der Waals surface area contributed by atoms with Crippen molar-refractivity contribution in [3.8, 4) is 11.8 Å². The molecular formula is C119H215IO7. The Kier molecular flexibility index (Phi) is 59.4. The Morgan fingerprint density at radius 2 is 0.488 bits per heavy atom. The normalized spacial score (nSPS) is 33.4. The van der Waals surface area contributed by atoms with Crippen molar-refractivity contribution < 1.29 is 35.4 Å². The first-order chi connectivity index (χ1) is 62.3. The first kappa shape index (κ1) is 112. The van der Waals surface area contributed by atoms with Crippen LogP contribution in [0.15, 0.2) is 12.2 Å². The molecule has 10 unspecified atom stereocenters. The van der Waals surface area contributed by atoms with E-state index < -0.39 is 5.97 Å². The third kappa shape index (κ3) is 53.2. The van der Waals surface area contributed by atoms with Crippen molar-refractivity contribution in [3.05, 3.63) is 12.2 Å². The van der Waals surface area contributed by atoms with Gasteiger partial charge in [0.1, 0.15) is 0 Å². The molecular weight excluding hydrogens is 1670 g/mol. The number of hydrogen-bond donors (Lipinski definition) is 6. The van der Waals surface area contributed by atoms with Gasteiger partial charge in [-0.2, -0.15) is 0 Å². The molecule has 14 aliphatic rings. The summed E-state index contributed by atoms with van der Waals surface area (Å²) in [4.78, 5) is 10.4. The van der Waals surface area contributed by atoms with E-state index in [4.69, 9.17) is 30.6 Å². The summed E-state index contributed by atoms with van der Waals surface area (Å²) in [7, 11) is 0. The largest absolute Gasteiger partial charge is 0.481 e. The van der Waals surface area contributed by atoms with E-state index in [1.165, 1.54) is 345 Å². The molecule has 0 amide bonds. The van der Waals surface area contributed by atoms with Gasteiger partial charge in [0.15, 0.2) is 0 Å². The molecule has 28 atom stereocenters. The van der Waals surface area contributed by atoms with Crippen LogP contribution < -0.4 is 0 Å². The third-order valence-electron chi connectivity index (χ3n) is 35.2. The lowest BCUT2D eigenvalue weighted by Gasteiger charge is -2.02. The first-order valence-corrected chi connectivity index (χ1v) is 59.7. The number of unbranched alkanes of at least 4 members (excludes halogenated alkanes) is 29. The molecule has 0 aliphatic heterocycles. The number of carboxylic acids is 1. The highest BCUT2D eigenvalue weighted by Crippen LogP contribution is 2.60. The van der Waals surface area contributed by atoms with Crippen LogP contribution in [0, 0.1) is 178 Å². The number of carbonyl (C=O) groups is 1. The Morgan fingerprint density at radius 1 is 0.252 bits per heavy atom. The summed E-state index contributed by atoms with van der Waals surface area (Å²) in [5.74, 6) is 35.3. The molecule has 127 heavy (non-hydrogen) atoms. The molecule has 740 valence electrons. The van der Waals surface area contributed by atoms with Crippen LogP contribution in [0.5, 0.6) is 0 Å². The topological polar surface area (TPSA) is 138 Å². The predicted molar refractivity (Wildman–Crippen MR) is 553 cm³/mol. The van der Waals surface area contributed by atoms with Gasteiger partial charge in [-0.05, 0) is 352 Å². The predicted octanol–water partition coefficient (Wildman–Crippen LogP) is 34.0. The fourth-order valence-corrected chi connectivity index (χ4v) is 25.3. The number of allylic oxidation sites excluding steroid dienone is 2. The van der Waals surface area contributed by atoms with Crippen LogP contribution in [-0.2, 0) is 4.79 Å². The van der Waals surface area contributed by atoms with Gasteiger partial charge in [-0.1, -0.05) is 346 Å². The molecule has 14 fully saturated rings. The summed E-state index contributed by atoms with van der Waals surface area (Å²) in [6, 6.07) is 0. The minimum absolute atomic E-state index is 0.331. The highest BCUT2D eigenvalue weighted by Gasteiger charge is 2.51. The second-order valence-corrected chi connectivity index (χ2v) is 47.8. The number of carboxylic acid groups (broad SMARTS) is 1. The SMILES string of the molecule is CCCCCC1C[C@H]1CC1C[C@@H]1CO.CCCCCC1C[C@H]1CC1C[C@H]1CC#CCCCCCO.CCCCCC1C[C@H]1CC1C[C@H]1CCCCCCCC(=O)O.CCCCCC1C[C@H]1CC1C[C@H]1CI.CCCCCC1C[C@H]1CC1C[C@H]1CO.CCCCC[C@H]1C[C@H]1C[C@H]1C[C@H]1C/C=C\CCCCCO.CCCCC[C@H]1C[C@H]1C[C@H]1C[C@H]1CCCCCCCCO. The van der Waals surface area contributed by atoms with Gasteiger partial charge in [-0.25, -0.2) is 0 Å². The first-order valence-electron chi connectivity index (χ1n) is 58.2. The van der Waals surface area contributed by atoms with E-state index >= 15 is 0 Å². The molecule has 0 aromatic carbocycles. The smallest absolute Gasteiger partial charge is 0.303 e. The van der Waals surface area contributed by atoms with Crippen molar-refractivity contribution in [2.75, 3.05) is 37.5 Å². The average Bonchev–Trinajstić information content (AvgIpc) is 1.71. The molecule has 0 aromatic rings. The minimum atomic E-state index is -0.645. The van der Waals surface area contributed by atoms with Gasteiger partial charge in [-0.3, -0.25) is 4.79 Å². The van der Waals surface area contributed by atoms with Gasteiger partial charge in [0, 0.05) is 56.7 Å². The molecule has 6 N–H and O–H groups in total. The number of halogens is 1. The summed E-state index contributed by atoms with van der Waals surface area (Å²) in [6.45, 7) is 18.0. The van der Waals surface area contributed by atoms with E-state index in [9.17, 15) is 4.79 Å². The van der Waals surface area contributed by atoms with Crippen LogP contribution in [0.25, 0.3) is 0 Å². The zero-order valence-corrected chi connectivity index (χ0v) is 87.3. The second-order valence-electron chi connectivity index (χ2n) is 46.9. The van der Waals surface area contributed by atoms with Crippen molar-refractivity contribution in [3.63, 3.8) is 0 Å². The number of aliphatic hydroxyl groups excluding tert-OH is 5. The lowest BCUT2D eigenvalue weighted by Crippen LogP contribution is -1.93. The lowest BCUT2D eigenvalue weighted by atomic mass is 10.0. The highest BCUT2D eigenvalue weighted by molar-refractivity contribution is 14.1. The maximum Gasteiger partial charge on any atom is 0.303 e. The van der Waals surface area contributed by atoms with Crippen molar-refractivity contribution in [2.24, 2.45) is 166 Å². The van der Waals surface area contributed by atoms with E-state index in [-0.39, 0.29) is 0 Å². The summed E-state index contributed by atoms with van der Waals surface area (Å²) in [5.41, 5.74) is 0. The molecule has 14 aliphatic carbocycles. The van der Waals surface area contributed by atoms with Crippen LogP contribution in [0.1, 0.15) is 517 Å². The maximum absolute atomic E-state index is 10.4. The summed E-state index contributed by atoms with van der Waals surface area (Å²) < 4.78 is 1.41. The number of hydrogen-bond acceptors (Lipinski definition) is 6. The number of aliphatic carboxylic acids is 1. The molecule has 0 heterocycles. The molecule has 14 saturated carbocycles. The Labute approximate surface area is 802 Å². The van der Waals surface area contributed by atoms with E-state index in [0.29, 0.717) is 51.3 Å². The fourth-order valence-electron chi connectivity index (χ4n) is 24.2. The van der Waals surface area contributed by atoms with Gasteiger partial charge in [0.05, 0.1) is 0 Å². The van der Waals surface area contributed by atoms with Crippen LogP contribution >= 0.6 is 22.6 Å². The Morgan fingerprint density at radius 3 is 0.780 bits per heavy atom. The molecule has 14 rings (SSSR count). The maximum atomic E-state index is 10.4. The standard InChI is InChI=1S/C20H36O2.C20H38O.C20H36O.C20H34O.C13H23I.2C13H24O/c1-2-3-7-10-16-13-18(16)15-19-14-17(19)11-8-5-4-6-9-12-20(21)22;3*1-2-3-8-11-17-14-19(17)16-20-15-18(20)12-9-6-4-5-7-10-13-21;3*1-2-3-4-5-10-6-11(10)7-12-8-13(12)9-14/h16-19H,2-15H2,1H3,(H,21,22);17-21H,2-16H2,1H3;6,9,17-21H,2-5,7-8,10-16H2,1H3;17-21H,2-5,7-8,10-16H2,1H3;10-13H,2-9H2,1H3;2*10-14H,2-9H2,1H3/b;;9-6-;;;;/t16?,17-,18+,19?;2*17-,18+,19-,20+;17?,18-,19+,20?;10?,11-,12?,13-;10?,11-,12?,13+;10?,11-,12?,13-/m1001000/s1. The third-order valence-corrected chi connectivity index (χ3v) is 36.3. The van der Waals surface area contributed by atoms with Crippen LogP contribution in [-0.4, -0.2) is 74.1 Å². The Balaban J connectivity index is 0.000000185. The molecule has 0 saturated heterocycles. The van der Waals surface area contributed by atoms with Crippen LogP contribution in [0.4, 0.5) is 0 Å². The summed E-state index contributed by atoms with van der Waals surface area (Å²) >= 11 is 2.56. The summed E-state index contributed by atoms with van der Waals surface area (Å²) in [5, 5.41) is 52.6. The van der Waals surface area contributed by atoms with Gasteiger partial charge in [0.2, 0.25) is 0 Å². The molecule has 0 spiro atoms. The Bertz CT molecular complexity index is 2680. The number of rotatable bonds is 73. The van der Waals surface area contributed by atoms with Gasteiger partial charge in [-0.15, -0.1) is 11.8 Å². The van der Waals surface area contributed by atoms with Crippen LogP contribution in [0.2, 0.25) is 0 Å². The zero-order chi connectivity index (χ0) is 90.4. The van der Waals surface area contributed by atoms with Gasteiger partial charge < -0.3 is 30.6 Å². The molecule has 0 bridgehead atoms. The van der Waals surface area contributed by atoms with Gasteiger partial charge >= 0.3 is 5.97 Å². The highest BCUT2D eigenvalue weighted by atomic mass is 127. The molecule has 8 heteroatoms. The van der Waals surface area contributed by atoms with E-state index in [2.05, 4.69) is 95.0 Å². The van der Waals surface area contributed by atoms with Crippen molar-refractivity contribution >= 4 is 28.6 Å². The van der Waals surface area contributed by atoms with E-state index in [1.807, 2.05) is 0 Å². The number of alkyl halides is 1. The summed E-state index contributed by atoms with van der Waals surface area (Å²) in [6.07, 6.45) is 105. The lowest BCUT2D eigenvalue weighted by molar-refractivity contribution is -0.137. The second kappa shape index (κ2) is 67.5. The molecule has 0 radical (unpaired) electrons. The molecule has 7 nitrogen and oxygen atoms in total. The molecule has 0 aromatic heterocycles. The zero-order valence-electron chi connectivity index (χ0n) is 85.2. The van der Waals surface area contributed by atoms with Crippen molar-refractivity contribution in [1.29, 1.82) is 0 Å². The minimum Gasteiger partial charge on any atom is -0.481 e. The average molecular weight is 1880 g/mol. The monoisotopic (exact) mass is 1880 g/mol. The van der Waals surface area contributed by atoms with Crippen molar-refractivity contribution in [1.82, 2.24) is 0 Å². The van der Waals surface area contributed by atoms with Gasteiger partial charge in [0.25, 0.3) is 0 Å². The number of aliphatic hydroxyl groups is 5. The van der Waals surface area contributed by atoms with E-state index in [1.54, 1.807) is 64.2 Å². The van der Waals surface area contributed by atoms with Crippen molar-refractivity contribution in [2.45, 2.75) is 517 Å². The quantitative estimate of drug-likeness (QED) is 0.0117.